The maximum atomic E-state index is 2.39. The van der Waals surface area contributed by atoms with Gasteiger partial charge in [0.15, 0.2) is 0 Å². The zero-order valence-corrected chi connectivity index (χ0v) is 30.2. The molecule has 0 aliphatic rings. The topological polar surface area (TPSA) is 0 Å². The number of rotatable bonds is 8. The second-order valence-electron chi connectivity index (χ2n) is 14.3. The summed E-state index contributed by atoms with van der Waals surface area (Å²) in [5.74, 6) is 0. The summed E-state index contributed by atoms with van der Waals surface area (Å²) in [6.45, 7) is 13.0. The molecule has 7 aromatic carbocycles. The first-order chi connectivity index (χ1) is 24.2. The minimum Gasteiger partial charge on any atom is -0.0590 e. The minimum absolute atomic E-state index is 0.520. The minimum atomic E-state index is -0.520. The van der Waals surface area contributed by atoms with Gasteiger partial charge in [-0.1, -0.05) is 203 Å². The molecule has 0 saturated heterocycles. The first kappa shape index (κ1) is 33.1. The van der Waals surface area contributed by atoms with Crippen molar-refractivity contribution in [2.75, 3.05) is 0 Å². The smallest absolute Gasteiger partial charge is 0.0590 e. The molecule has 0 bridgehead atoms. The van der Waals surface area contributed by atoms with Gasteiger partial charge in [-0.2, -0.15) is 0 Å². The van der Waals surface area contributed by atoms with E-state index < -0.39 is 10.8 Å². The average Bonchev–Trinajstić information content (AvgIpc) is 3.13. The fourth-order valence-corrected chi connectivity index (χ4v) is 7.79. The van der Waals surface area contributed by atoms with Crippen LogP contribution in [0.2, 0.25) is 0 Å². The lowest BCUT2D eigenvalue weighted by Crippen LogP contribution is -2.33. The zero-order chi connectivity index (χ0) is 34.9. The lowest BCUT2D eigenvalue weighted by atomic mass is 9.62. The van der Waals surface area contributed by atoms with Crippen LogP contribution in [0.1, 0.15) is 77.9 Å². The van der Waals surface area contributed by atoms with Gasteiger partial charge >= 0.3 is 0 Å². The van der Waals surface area contributed by atoms with Gasteiger partial charge in [0.05, 0.1) is 10.8 Å². The van der Waals surface area contributed by atoms with Crippen LogP contribution < -0.4 is 0 Å². The second kappa shape index (κ2) is 13.4. The molecule has 7 aromatic rings. The van der Waals surface area contributed by atoms with Crippen molar-refractivity contribution in [2.45, 2.75) is 52.4 Å². The van der Waals surface area contributed by atoms with E-state index in [4.69, 9.17) is 0 Å². The van der Waals surface area contributed by atoms with Gasteiger partial charge in [0.2, 0.25) is 0 Å². The van der Waals surface area contributed by atoms with Crippen molar-refractivity contribution in [1.82, 2.24) is 0 Å². The zero-order valence-electron chi connectivity index (χ0n) is 30.2. The van der Waals surface area contributed by atoms with Gasteiger partial charge in [0.1, 0.15) is 0 Å². The van der Waals surface area contributed by atoms with Crippen LogP contribution in [0, 0.1) is 41.5 Å². The van der Waals surface area contributed by atoms with Crippen LogP contribution in [0.3, 0.4) is 0 Å². The van der Waals surface area contributed by atoms with Crippen LogP contribution in [-0.4, -0.2) is 0 Å². The maximum absolute atomic E-state index is 2.39. The van der Waals surface area contributed by atoms with E-state index in [1.807, 2.05) is 0 Å². The third-order valence-corrected chi connectivity index (χ3v) is 10.7. The summed E-state index contributed by atoms with van der Waals surface area (Å²) in [5, 5.41) is 0. The molecule has 0 saturated carbocycles. The number of hydrogen-bond donors (Lipinski definition) is 0. The van der Waals surface area contributed by atoms with Crippen molar-refractivity contribution in [1.29, 1.82) is 0 Å². The summed E-state index contributed by atoms with van der Waals surface area (Å²) in [6.07, 6.45) is 0. The maximum Gasteiger partial charge on any atom is 0.0701 e. The highest BCUT2D eigenvalue weighted by Crippen LogP contribution is 2.49. The third kappa shape index (κ3) is 5.80. The largest absolute Gasteiger partial charge is 0.0701 e. The Balaban J connectivity index is 1.54. The highest BCUT2D eigenvalue weighted by atomic mass is 14.4. The molecule has 0 fully saturated rings. The second-order valence-corrected chi connectivity index (χ2v) is 14.3. The van der Waals surface area contributed by atoms with Crippen molar-refractivity contribution in [2.24, 2.45) is 0 Å². The van der Waals surface area contributed by atoms with E-state index in [9.17, 15) is 0 Å². The van der Waals surface area contributed by atoms with Gasteiger partial charge in [0.25, 0.3) is 0 Å². The van der Waals surface area contributed by atoms with Crippen LogP contribution in [0.25, 0.3) is 0 Å². The molecule has 0 heteroatoms. The Morgan fingerprint density at radius 3 is 0.400 bits per heavy atom. The van der Waals surface area contributed by atoms with Crippen LogP contribution >= 0.6 is 0 Å². The van der Waals surface area contributed by atoms with Crippen LogP contribution in [0.5, 0.6) is 0 Å². The number of aryl methyl sites for hydroxylation is 6. The molecular weight excluding hydrogens is 601 g/mol. The van der Waals surface area contributed by atoms with Crippen molar-refractivity contribution in [3.05, 3.63) is 248 Å². The number of hydrogen-bond acceptors (Lipinski definition) is 0. The Morgan fingerprint density at radius 1 is 0.180 bits per heavy atom. The molecular formula is C50H46. The Bertz CT molecular complexity index is 1790. The van der Waals surface area contributed by atoms with E-state index in [1.54, 1.807) is 0 Å². The van der Waals surface area contributed by atoms with Gasteiger partial charge in [-0.15, -0.1) is 0 Å². The number of benzene rings is 7. The first-order valence-electron chi connectivity index (χ1n) is 17.7. The first-order valence-corrected chi connectivity index (χ1v) is 17.7. The summed E-state index contributed by atoms with van der Waals surface area (Å²) in [7, 11) is 0. The van der Waals surface area contributed by atoms with E-state index in [1.165, 1.54) is 77.9 Å². The molecule has 0 heterocycles. The predicted octanol–water partition coefficient (Wildman–Crippen LogP) is 12.3. The fourth-order valence-electron chi connectivity index (χ4n) is 7.79. The standard InChI is InChI=1S/C50H46/c1-35-7-19-41(20-8-35)49(42-21-9-36(2)10-22-42,43-23-11-37(3)12-24-43)47-31-33-48(34-32-47)50(44-25-13-38(4)14-26-44,45-27-15-39(5)16-28-45)46-29-17-40(6)18-30-46/h7-34H,1-6H3. The molecule has 246 valence electrons. The molecule has 0 radical (unpaired) electrons. The third-order valence-electron chi connectivity index (χ3n) is 10.7. The van der Waals surface area contributed by atoms with Gasteiger partial charge < -0.3 is 0 Å². The van der Waals surface area contributed by atoms with Gasteiger partial charge in [-0.05, 0) is 86.1 Å². The molecule has 0 spiro atoms. The average molecular weight is 647 g/mol. The lowest BCUT2D eigenvalue weighted by molar-refractivity contribution is 0.727. The molecule has 7 rings (SSSR count). The Hall–Kier alpha value is -5.46. The summed E-state index contributed by atoms with van der Waals surface area (Å²) in [4.78, 5) is 0. The SMILES string of the molecule is Cc1ccc(C(c2ccc(C)cc2)(c2ccc(C)cc2)c2ccc(C(c3ccc(C)cc3)(c3ccc(C)cc3)c3ccc(C)cc3)cc2)cc1. The normalized spacial score (nSPS) is 11.8. The van der Waals surface area contributed by atoms with Gasteiger partial charge in [0, 0.05) is 0 Å². The van der Waals surface area contributed by atoms with Crippen LogP contribution in [0.4, 0.5) is 0 Å². The predicted molar refractivity (Wildman–Crippen MR) is 211 cm³/mol. The molecule has 0 aliphatic heterocycles. The molecule has 0 unspecified atom stereocenters. The molecule has 0 aromatic heterocycles. The van der Waals surface area contributed by atoms with Gasteiger partial charge in [-0.3, -0.25) is 0 Å². The van der Waals surface area contributed by atoms with E-state index in [2.05, 4.69) is 211 Å². The van der Waals surface area contributed by atoms with E-state index in [0.717, 1.165) is 0 Å². The molecule has 0 nitrogen and oxygen atoms in total. The van der Waals surface area contributed by atoms with Crippen LogP contribution in [0.15, 0.2) is 170 Å². The quantitative estimate of drug-likeness (QED) is 0.144. The molecule has 50 heavy (non-hydrogen) atoms. The van der Waals surface area contributed by atoms with Gasteiger partial charge in [-0.25, -0.2) is 0 Å². The molecule has 0 aliphatic carbocycles. The van der Waals surface area contributed by atoms with E-state index >= 15 is 0 Å². The monoisotopic (exact) mass is 646 g/mol. The van der Waals surface area contributed by atoms with Crippen molar-refractivity contribution in [3.8, 4) is 0 Å². The molecule has 0 N–H and O–H groups in total. The highest BCUT2D eigenvalue weighted by molar-refractivity contribution is 5.64. The Morgan fingerprint density at radius 2 is 0.280 bits per heavy atom. The summed E-state index contributed by atoms with van der Waals surface area (Å²) < 4.78 is 0. The molecule has 0 atom stereocenters. The van der Waals surface area contributed by atoms with Crippen molar-refractivity contribution in [3.63, 3.8) is 0 Å². The highest BCUT2D eigenvalue weighted by Gasteiger charge is 2.41. The lowest BCUT2D eigenvalue weighted by Gasteiger charge is -2.39. The molecule has 0 amide bonds. The van der Waals surface area contributed by atoms with Crippen LogP contribution in [-0.2, 0) is 10.8 Å². The Kier molecular flexibility index (Phi) is 8.89. The van der Waals surface area contributed by atoms with Crippen molar-refractivity contribution >= 4 is 0 Å². The Labute approximate surface area is 299 Å². The fraction of sp³-hybridized carbons (Fsp3) is 0.160. The summed E-state index contributed by atoms with van der Waals surface area (Å²) >= 11 is 0. The summed E-state index contributed by atoms with van der Waals surface area (Å²) in [6, 6.07) is 64.3. The van der Waals surface area contributed by atoms with E-state index in [0.29, 0.717) is 0 Å². The van der Waals surface area contributed by atoms with E-state index in [-0.39, 0.29) is 0 Å². The van der Waals surface area contributed by atoms with Crippen molar-refractivity contribution < 1.29 is 0 Å². The summed E-state index contributed by atoms with van der Waals surface area (Å²) in [5.41, 5.74) is 16.5.